The van der Waals surface area contributed by atoms with E-state index in [0.29, 0.717) is 23.8 Å². The molecule has 2 N–H and O–H groups in total. The van der Waals surface area contributed by atoms with E-state index < -0.39 is 0 Å². The quantitative estimate of drug-likeness (QED) is 0.859. The maximum atomic E-state index is 13.1. The Hall–Kier alpha value is -0.570. The third-order valence-electron chi connectivity index (χ3n) is 5.17. The minimum atomic E-state index is 0.0584. The van der Waals surface area contributed by atoms with Crippen LogP contribution in [0.2, 0.25) is 0 Å². The topological polar surface area (TPSA) is 46.3 Å². The Labute approximate surface area is 124 Å². The highest BCUT2D eigenvalue weighted by Gasteiger charge is 2.39. The van der Waals surface area contributed by atoms with Crippen LogP contribution in [0.5, 0.6) is 0 Å². The molecule has 1 amide bonds. The van der Waals surface area contributed by atoms with E-state index in [-0.39, 0.29) is 12.0 Å². The van der Waals surface area contributed by atoms with Crippen molar-refractivity contribution in [3.05, 3.63) is 0 Å². The minimum Gasteiger partial charge on any atom is -0.339 e. The summed E-state index contributed by atoms with van der Waals surface area (Å²) in [6, 6.07) is 0.550. The van der Waals surface area contributed by atoms with Gasteiger partial charge in [-0.3, -0.25) is 4.79 Å². The molecule has 3 nitrogen and oxygen atoms in total. The maximum Gasteiger partial charge on any atom is 0.227 e. The number of carbonyl (C=O) groups is 1. The fourth-order valence-corrected chi connectivity index (χ4v) is 4.10. The highest BCUT2D eigenvalue weighted by molar-refractivity contribution is 5.80. The second-order valence-corrected chi connectivity index (χ2v) is 7.42. The first-order valence-electron chi connectivity index (χ1n) is 8.56. The van der Waals surface area contributed by atoms with E-state index >= 15 is 0 Å². The number of nitrogens with zero attached hydrogens (tertiary/aromatic N) is 1. The van der Waals surface area contributed by atoms with E-state index in [9.17, 15) is 4.79 Å². The van der Waals surface area contributed by atoms with Crippen molar-refractivity contribution in [3.63, 3.8) is 0 Å². The van der Waals surface area contributed by atoms with Crippen molar-refractivity contribution < 1.29 is 4.79 Å². The molecule has 3 unspecified atom stereocenters. The smallest absolute Gasteiger partial charge is 0.227 e. The Morgan fingerprint density at radius 2 is 1.80 bits per heavy atom. The first-order valence-corrected chi connectivity index (χ1v) is 8.56. The molecule has 2 aliphatic carbocycles. The molecule has 0 aromatic heterocycles. The van der Waals surface area contributed by atoms with Gasteiger partial charge in [0, 0.05) is 18.6 Å². The van der Waals surface area contributed by atoms with E-state index in [1.165, 1.54) is 32.1 Å². The molecule has 2 rings (SSSR count). The van der Waals surface area contributed by atoms with Crippen LogP contribution in [0.4, 0.5) is 0 Å². The largest absolute Gasteiger partial charge is 0.339 e. The van der Waals surface area contributed by atoms with Crippen LogP contribution in [0.15, 0.2) is 0 Å². The molecule has 0 aromatic rings. The van der Waals surface area contributed by atoms with E-state index in [1.54, 1.807) is 0 Å². The summed E-state index contributed by atoms with van der Waals surface area (Å²) < 4.78 is 0. The predicted molar refractivity (Wildman–Crippen MR) is 83.3 cm³/mol. The lowest BCUT2D eigenvalue weighted by Crippen LogP contribution is -2.52. The summed E-state index contributed by atoms with van der Waals surface area (Å²) >= 11 is 0. The van der Waals surface area contributed by atoms with Crippen molar-refractivity contribution in [3.8, 4) is 0 Å². The zero-order valence-electron chi connectivity index (χ0n) is 13.5. The van der Waals surface area contributed by atoms with Gasteiger partial charge in [0.2, 0.25) is 5.91 Å². The van der Waals surface area contributed by atoms with Crippen LogP contribution in [0, 0.1) is 17.8 Å². The number of hydrogen-bond acceptors (Lipinski definition) is 2. The van der Waals surface area contributed by atoms with Gasteiger partial charge in [0.15, 0.2) is 0 Å². The average molecular weight is 280 g/mol. The highest BCUT2D eigenvalue weighted by atomic mass is 16.2. The van der Waals surface area contributed by atoms with Crippen molar-refractivity contribution in [1.29, 1.82) is 0 Å². The Morgan fingerprint density at radius 1 is 1.15 bits per heavy atom. The van der Waals surface area contributed by atoms with Crippen LogP contribution in [0.25, 0.3) is 0 Å². The van der Waals surface area contributed by atoms with E-state index in [4.69, 9.17) is 5.73 Å². The molecule has 116 valence electrons. The summed E-state index contributed by atoms with van der Waals surface area (Å²) in [5.74, 6) is 1.39. The fourth-order valence-electron chi connectivity index (χ4n) is 4.10. The van der Waals surface area contributed by atoms with Gasteiger partial charge in [0.05, 0.1) is 5.92 Å². The molecule has 2 saturated carbocycles. The molecule has 0 heterocycles. The number of nitrogens with two attached hydrogens (primary N) is 1. The predicted octanol–water partition coefficient (Wildman–Crippen LogP) is 3.18. The molecule has 0 aliphatic heterocycles. The molecule has 0 saturated heterocycles. The molecule has 3 atom stereocenters. The first kappa shape index (κ1) is 15.8. The summed E-state index contributed by atoms with van der Waals surface area (Å²) in [4.78, 5) is 15.3. The number of rotatable bonds is 4. The van der Waals surface area contributed by atoms with Gasteiger partial charge in [-0.2, -0.15) is 0 Å². The summed E-state index contributed by atoms with van der Waals surface area (Å²) in [5.41, 5.74) is 6.29. The number of carbonyl (C=O) groups excluding carboxylic acids is 1. The third-order valence-corrected chi connectivity index (χ3v) is 5.17. The normalized spacial score (nSPS) is 31.8. The van der Waals surface area contributed by atoms with Crippen LogP contribution >= 0.6 is 0 Å². The Bertz CT molecular complexity index is 313. The molecule has 0 radical (unpaired) electrons. The Balaban J connectivity index is 2.11. The van der Waals surface area contributed by atoms with Crippen LogP contribution < -0.4 is 5.73 Å². The Kier molecular flexibility index (Phi) is 5.48. The van der Waals surface area contributed by atoms with Crippen molar-refractivity contribution in [1.82, 2.24) is 4.90 Å². The summed E-state index contributed by atoms with van der Waals surface area (Å²) in [7, 11) is 0. The van der Waals surface area contributed by atoms with Crippen molar-refractivity contribution >= 4 is 5.91 Å². The monoisotopic (exact) mass is 280 g/mol. The highest BCUT2D eigenvalue weighted by Crippen LogP contribution is 2.33. The van der Waals surface area contributed by atoms with Crippen LogP contribution in [-0.4, -0.2) is 29.4 Å². The average Bonchev–Trinajstić information content (AvgIpc) is 2.88. The standard InChI is InChI=1S/C17H32N2O/c1-12(2)11-19(14-8-4-5-9-14)17(20)16-13(3)7-6-10-15(16)18/h12-16H,4-11,18H2,1-3H3. The zero-order valence-corrected chi connectivity index (χ0v) is 13.5. The van der Waals surface area contributed by atoms with E-state index in [2.05, 4.69) is 25.7 Å². The van der Waals surface area contributed by atoms with Gasteiger partial charge < -0.3 is 10.6 Å². The van der Waals surface area contributed by atoms with Gasteiger partial charge in [0.1, 0.15) is 0 Å². The van der Waals surface area contributed by atoms with Crippen LogP contribution in [-0.2, 0) is 4.79 Å². The molecule has 3 heteroatoms. The molecular formula is C17H32N2O. The van der Waals surface area contributed by atoms with Crippen molar-refractivity contribution in [2.75, 3.05) is 6.54 Å². The van der Waals surface area contributed by atoms with Gasteiger partial charge in [-0.25, -0.2) is 0 Å². The third kappa shape index (κ3) is 3.55. The van der Waals surface area contributed by atoms with Gasteiger partial charge in [-0.05, 0) is 37.5 Å². The van der Waals surface area contributed by atoms with Gasteiger partial charge >= 0.3 is 0 Å². The molecule has 2 fully saturated rings. The summed E-state index contributed by atoms with van der Waals surface area (Å²) in [5, 5.41) is 0. The van der Waals surface area contributed by atoms with Crippen LogP contribution in [0.1, 0.15) is 65.7 Å². The zero-order chi connectivity index (χ0) is 14.7. The minimum absolute atomic E-state index is 0.0584. The number of hydrogen-bond donors (Lipinski definition) is 1. The molecule has 0 aromatic carbocycles. The lowest BCUT2D eigenvalue weighted by Gasteiger charge is -2.40. The second-order valence-electron chi connectivity index (χ2n) is 7.42. The first-order chi connectivity index (χ1) is 9.50. The summed E-state index contributed by atoms with van der Waals surface area (Å²) in [6.45, 7) is 7.53. The van der Waals surface area contributed by atoms with Gasteiger partial charge in [-0.15, -0.1) is 0 Å². The van der Waals surface area contributed by atoms with Gasteiger partial charge in [-0.1, -0.05) is 40.0 Å². The second kappa shape index (κ2) is 6.93. The lowest BCUT2D eigenvalue weighted by molar-refractivity contribution is -0.142. The maximum absolute atomic E-state index is 13.1. The molecule has 2 aliphatic rings. The van der Waals surface area contributed by atoms with Gasteiger partial charge in [0.25, 0.3) is 0 Å². The van der Waals surface area contributed by atoms with E-state index in [0.717, 1.165) is 19.4 Å². The van der Waals surface area contributed by atoms with Crippen molar-refractivity contribution in [2.45, 2.75) is 77.8 Å². The molecular weight excluding hydrogens is 248 g/mol. The SMILES string of the molecule is CC(C)CN(C(=O)C1C(C)CCCC1N)C1CCCC1. The lowest BCUT2D eigenvalue weighted by atomic mass is 9.76. The van der Waals surface area contributed by atoms with E-state index in [1.807, 2.05) is 0 Å². The van der Waals surface area contributed by atoms with Crippen LogP contribution in [0.3, 0.4) is 0 Å². The number of amides is 1. The molecule has 0 bridgehead atoms. The summed E-state index contributed by atoms with van der Waals surface area (Å²) in [6.07, 6.45) is 8.28. The Morgan fingerprint density at radius 3 is 2.35 bits per heavy atom. The molecule has 0 spiro atoms. The molecule has 20 heavy (non-hydrogen) atoms. The van der Waals surface area contributed by atoms with Crippen molar-refractivity contribution in [2.24, 2.45) is 23.5 Å². The fraction of sp³-hybridized carbons (Fsp3) is 0.941.